The largest absolute Gasteiger partial charge is 0.493 e. The molecule has 186 valence electrons. The third-order valence-corrected chi connectivity index (χ3v) is 7.01. The van der Waals surface area contributed by atoms with Gasteiger partial charge in [0.25, 0.3) is 5.91 Å². The molecular formula is C30H27BrN4O2. The Kier molecular flexibility index (Phi) is 7.15. The highest BCUT2D eigenvalue weighted by molar-refractivity contribution is 9.10. The standard InChI is InChI=1S/C30H27BrN4O2/c1-3-4-7-16-35-27-15-10-19(2)17-24(27)28(30(35)37)33-34-29(36)23-18-26(20-11-13-21(31)14-12-20)32-25-9-6-5-8-22(23)25/h5-6,8-15,17-18,37H,3-4,7,16H2,1-2H3. The molecule has 2 heterocycles. The van der Waals surface area contributed by atoms with Crippen molar-refractivity contribution in [3.63, 3.8) is 0 Å². The van der Waals surface area contributed by atoms with Crippen LogP contribution in [0.25, 0.3) is 33.1 Å². The quantitative estimate of drug-likeness (QED) is 0.161. The van der Waals surface area contributed by atoms with E-state index in [0.29, 0.717) is 34.4 Å². The van der Waals surface area contributed by atoms with E-state index < -0.39 is 5.91 Å². The van der Waals surface area contributed by atoms with Gasteiger partial charge in [-0.2, -0.15) is 0 Å². The van der Waals surface area contributed by atoms with E-state index in [-0.39, 0.29) is 5.88 Å². The predicted octanol–water partition coefficient (Wildman–Crippen LogP) is 8.75. The number of nitrogens with zero attached hydrogens (tertiary/aromatic N) is 4. The van der Waals surface area contributed by atoms with Crippen molar-refractivity contribution in [1.82, 2.24) is 9.55 Å². The van der Waals surface area contributed by atoms with Crippen molar-refractivity contribution in [2.75, 3.05) is 0 Å². The van der Waals surface area contributed by atoms with E-state index in [1.807, 2.05) is 78.2 Å². The number of fused-ring (bicyclic) bond motifs is 2. The van der Waals surface area contributed by atoms with Crippen LogP contribution in [0.2, 0.25) is 0 Å². The zero-order valence-corrected chi connectivity index (χ0v) is 22.4. The van der Waals surface area contributed by atoms with Crippen molar-refractivity contribution in [2.45, 2.75) is 39.7 Å². The van der Waals surface area contributed by atoms with Crippen LogP contribution < -0.4 is 0 Å². The van der Waals surface area contributed by atoms with Crippen LogP contribution in [0.5, 0.6) is 5.88 Å². The molecule has 3 aromatic carbocycles. The molecule has 2 aromatic heterocycles. The third kappa shape index (κ3) is 5.04. The Hall–Kier alpha value is -3.84. The lowest BCUT2D eigenvalue weighted by Crippen LogP contribution is -1.99. The molecule has 0 unspecified atom stereocenters. The van der Waals surface area contributed by atoms with Gasteiger partial charge < -0.3 is 9.67 Å². The van der Waals surface area contributed by atoms with Crippen LogP contribution in [-0.2, 0) is 6.54 Å². The lowest BCUT2D eigenvalue weighted by atomic mass is 10.0. The highest BCUT2D eigenvalue weighted by Crippen LogP contribution is 2.40. The molecule has 7 heteroatoms. The fourth-order valence-electron chi connectivity index (χ4n) is 4.55. The van der Waals surface area contributed by atoms with Gasteiger partial charge in [-0.15, -0.1) is 10.2 Å². The van der Waals surface area contributed by atoms with Gasteiger partial charge in [0.1, 0.15) is 0 Å². The van der Waals surface area contributed by atoms with Crippen molar-refractivity contribution in [2.24, 2.45) is 10.2 Å². The molecule has 37 heavy (non-hydrogen) atoms. The van der Waals surface area contributed by atoms with Gasteiger partial charge in [-0.3, -0.25) is 4.79 Å². The molecule has 0 bridgehead atoms. The summed E-state index contributed by atoms with van der Waals surface area (Å²) in [5.74, 6) is -0.459. The van der Waals surface area contributed by atoms with E-state index in [2.05, 4.69) is 33.1 Å². The lowest BCUT2D eigenvalue weighted by Gasteiger charge is -2.07. The Morgan fingerprint density at radius 3 is 2.57 bits per heavy atom. The summed E-state index contributed by atoms with van der Waals surface area (Å²) in [5.41, 5.74) is 4.92. The van der Waals surface area contributed by atoms with Crippen LogP contribution in [0, 0.1) is 6.92 Å². The Morgan fingerprint density at radius 1 is 1.00 bits per heavy atom. The second-order valence-corrected chi connectivity index (χ2v) is 10.1. The SMILES string of the molecule is CCCCCn1c(O)c(N=NC(=O)c2cc(-c3ccc(Br)cc3)nc3ccccc23)c2cc(C)ccc21. The van der Waals surface area contributed by atoms with Crippen LogP contribution in [0.15, 0.2) is 87.5 Å². The molecule has 0 radical (unpaired) electrons. The number of rotatable bonds is 7. The number of carbonyl (C=O) groups excluding carboxylic acids is 1. The number of carbonyl (C=O) groups is 1. The number of hydrogen-bond donors (Lipinski definition) is 1. The number of aryl methyl sites for hydroxylation is 2. The maximum atomic E-state index is 13.4. The summed E-state index contributed by atoms with van der Waals surface area (Å²) in [6, 6.07) is 23.0. The second kappa shape index (κ2) is 10.6. The first-order valence-corrected chi connectivity index (χ1v) is 13.2. The molecular weight excluding hydrogens is 528 g/mol. The molecule has 0 aliphatic heterocycles. The predicted molar refractivity (Wildman–Crippen MR) is 152 cm³/mol. The van der Waals surface area contributed by atoms with Gasteiger partial charge >= 0.3 is 0 Å². The Morgan fingerprint density at radius 2 is 1.78 bits per heavy atom. The molecule has 0 spiro atoms. The number of azo groups is 1. The smallest absolute Gasteiger partial charge is 0.296 e. The summed E-state index contributed by atoms with van der Waals surface area (Å²) in [5, 5.41) is 20.9. The number of hydrogen-bond acceptors (Lipinski definition) is 4. The first-order valence-electron chi connectivity index (χ1n) is 12.4. The number of aromatic nitrogens is 2. The summed E-state index contributed by atoms with van der Waals surface area (Å²) < 4.78 is 2.82. The van der Waals surface area contributed by atoms with E-state index in [1.54, 1.807) is 6.07 Å². The summed E-state index contributed by atoms with van der Waals surface area (Å²) in [4.78, 5) is 18.2. The zero-order valence-electron chi connectivity index (χ0n) is 20.8. The first kappa shape index (κ1) is 24.8. The first-order chi connectivity index (χ1) is 18.0. The summed E-state index contributed by atoms with van der Waals surface area (Å²) in [6.07, 6.45) is 3.09. The number of aromatic hydroxyl groups is 1. The average Bonchev–Trinajstić information content (AvgIpc) is 3.16. The van der Waals surface area contributed by atoms with Crippen molar-refractivity contribution >= 4 is 49.3 Å². The molecule has 0 atom stereocenters. The highest BCUT2D eigenvalue weighted by Gasteiger charge is 2.18. The molecule has 0 aliphatic rings. The number of unbranched alkanes of at least 4 members (excludes halogenated alkanes) is 2. The molecule has 0 fully saturated rings. The minimum absolute atomic E-state index is 0.0309. The molecule has 5 aromatic rings. The number of benzene rings is 3. The van der Waals surface area contributed by atoms with E-state index in [1.165, 1.54) is 0 Å². The van der Waals surface area contributed by atoms with Gasteiger partial charge in [-0.1, -0.05) is 77.7 Å². The number of halogens is 1. The van der Waals surface area contributed by atoms with Crippen molar-refractivity contribution in [1.29, 1.82) is 0 Å². The average molecular weight is 555 g/mol. The maximum absolute atomic E-state index is 13.4. The van der Waals surface area contributed by atoms with Crippen molar-refractivity contribution in [3.8, 4) is 17.1 Å². The highest BCUT2D eigenvalue weighted by atomic mass is 79.9. The molecule has 5 rings (SSSR count). The van der Waals surface area contributed by atoms with Crippen LogP contribution in [-0.4, -0.2) is 20.6 Å². The van der Waals surface area contributed by atoms with Crippen LogP contribution in [0.4, 0.5) is 5.69 Å². The normalized spacial score (nSPS) is 11.6. The van der Waals surface area contributed by atoms with Crippen LogP contribution in [0.1, 0.15) is 42.1 Å². The Bertz CT molecular complexity index is 1640. The van der Waals surface area contributed by atoms with Gasteiger partial charge in [0.2, 0.25) is 5.88 Å². The van der Waals surface area contributed by atoms with Gasteiger partial charge in [0.05, 0.1) is 22.3 Å². The van der Waals surface area contributed by atoms with Crippen molar-refractivity contribution in [3.05, 3.63) is 88.4 Å². The lowest BCUT2D eigenvalue weighted by molar-refractivity contribution is 0.0996. The summed E-state index contributed by atoms with van der Waals surface area (Å²) >= 11 is 3.46. The second-order valence-electron chi connectivity index (χ2n) is 9.14. The zero-order chi connectivity index (χ0) is 25.9. The van der Waals surface area contributed by atoms with E-state index in [9.17, 15) is 9.90 Å². The summed E-state index contributed by atoms with van der Waals surface area (Å²) in [6.45, 7) is 4.81. The van der Waals surface area contributed by atoms with Crippen molar-refractivity contribution < 1.29 is 9.90 Å². The number of amides is 1. The Labute approximate surface area is 223 Å². The van der Waals surface area contributed by atoms with Gasteiger partial charge in [-0.05, 0) is 49.7 Å². The fraction of sp³-hybridized carbons (Fsp3) is 0.200. The Balaban J connectivity index is 1.57. The van der Waals surface area contributed by atoms with E-state index >= 15 is 0 Å². The number of pyridine rings is 1. The van der Waals surface area contributed by atoms with Crippen LogP contribution >= 0.6 is 15.9 Å². The maximum Gasteiger partial charge on any atom is 0.296 e. The third-order valence-electron chi connectivity index (χ3n) is 6.48. The minimum Gasteiger partial charge on any atom is -0.493 e. The van der Waals surface area contributed by atoms with Gasteiger partial charge in [0, 0.05) is 27.4 Å². The van der Waals surface area contributed by atoms with Gasteiger partial charge in [-0.25, -0.2) is 4.98 Å². The fourth-order valence-corrected chi connectivity index (χ4v) is 4.82. The minimum atomic E-state index is -0.490. The van der Waals surface area contributed by atoms with E-state index in [4.69, 9.17) is 4.98 Å². The molecule has 0 saturated carbocycles. The molecule has 1 amide bonds. The molecule has 0 aliphatic carbocycles. The van der Waals surface area contributed by atoms with E-state index in [0.717, 1.165) is 45.8 Å². The topological polar surface area (TPSA) is 79.8 Å². The van der Waals surface area contributed by atoms with Crippen LogP contribution in [0.3, 0.4) is 0 Å². The monoisotopic (exact) mass is 554 g/mol. The summed E-state index contributed by atoms with van der Waals surface area (Å²) in [7, 11) is 0. The molecule has 6 nitrogen and oxygen atoms in total. The molecule has 1 N–H and O–H groups in total. The number of para-hydroxylation sites is 1. The molecule has 0 saturated heterocycles. The van der Waals surface area contributed by atoms with Gasteiger partial charge in [0.15, 0.2) is 5.69 Å².